The summed E-state index contributed by atoms with van der Waals surface area (Å²) < 4.78 is 5.04. The molecule has 0 saturated heterocycles. The van der Waals surface area contributed by atoms with E-state index in [-0.39, 0.29) is 6.04 Å². The molecule has 0 aromatic carbocycles. The Balaban J connectivity index is 4.11. The Bertz CT molecular complexity index is 200. The number of methoxy groups -OCH3 is 1. The third-order valence-electron chi connectivity index (χ3n) is 2.57. The Kier molecular flexibility index (Phi) is 8.15. The number of carboxylic acids is 1. The molecule has 0 spiro atoms. The van der Waals surface area contributed by atoms with E-state index in [1.807, 2.05) is 25.8 Å². The molecule has 0 aromatic heterocycles. The molecule has 0 radical (unpaired) electrons. The van der Waals surface area contributed by atoms with Crippen molar-refractivity contribution in [2.45, 2.75) is 32.4 Å². The number of aliphatic carboxylic acids is 1. The Labute approximate surface area is 97.8 Å². The zero-order valence-corrected chi connectivity index (χ0v) is 10.7. The van der Waals surface area contributed by atoms with Gasteiger partial charge in [0.25, 0.3) is 0 Å². The van der Waals surface area contributed by atoms with Crippen molar-refractivity contribution in [1.29, 1.82) is 0 Å². The second kappa shape index (κ2) is 8.50. The number of ether oxygens (including phenoxy) is 1. The molecule has 0 aliphatic rings. The molecule has 0 aromatic rings. The van der Waals surface area contributed by atoms with Crippen LogP contribution in [0.1, 0.15) is 20.3 Å². The first kappa shape index (κ1) is 15.3. The average Bonchev–Trinajstić information content (AvgIpc) is 2.23. The molecular formula is C11H24N2O3. The number of hydrogen-bond acceptors (Lipinski definition) is 4. The Hall–Kier alpha value is -0.650. The number of nitrogens with one attached hydrogen (secondary N) is 1. The summed E-state index contributed by atoms with van der Waals surface area (Å²) in [5.41, 5.74) is 0. The lowest BCUT2D eigenvalue weighted by Crippen LogP contribution is -2.48. The second-order valence-corrected chi connectivity index (χ2v) is 4.09. The SMILES string of the molecule is CCCNC(CN(C)C(C)COC)C(=O)O. The van der Waals surface area contributed by atoms with Gasteiger partial charge in [-0.2, -0.15) is 0 Å². The van der Waals surface area contributed by atoms with E-state index in [2.05, 4.69) is 5.32 Å². The topological polar surface area (TPSA) is 61.8 Å². The lowest BCUT2D eigenvalue weighted by molar-refractivity contribution is -0.140. The summed E-state index contributed by atoms with van der Waals surface area (Å²) in [5, 5.41) is 12.1. The molecular weight excluding hydrogens is 208 g/mol. The van der Waals surface area contributed by atoms with Gasteiger partial charge < -0.3 is 15.2 Å². The van der Waals surface area contributed by atoms with E-state index in [1.165, 1.54) is 0 Å². The van der Waals surface area contributed by atoms with E-state index < -0.39 is 12.0 Å². The minimum absolute atomic E-state index is 0.218. The van der Waals surface area contributed by atoms with Gasteiger partial charge in [-0.15, -0.1) is 0 Å². The molecule has 0 fully saturated rings. The van der Waals surface area contributed by atoms with Crippen LogP contribution in [0.25, 0.3) is 0 Å². The van der Waals surface area contributed by atoms with Crippen LogP contribution < -0.4 is 5.32 Å². The highest BCUT2D eigenvalue weighted by molar-refractivity contribution is 5.73. The summed E-state index contributed by atoms with van der Waals surface area (Å²) in [6.45, 7) is 5.85. The number of carbonyl (C=O) groups is 1. The van der Waals surface area contributed by atoms with Crippen molar-refractivity contribution in [3.8, 4) is 0 Å². The van der Waals surface area contributed by atoms with Gasteiger partial charge in [0.15, 0.2) is 0 Å². The van der Waals surface area contributed by atoms with Gasteiger partial charge in [0.2, 0.25) is 0 Å². The van der Waals surface area contributed by atoms with Crippen LogP contribution in [0.5, 0.6) is 0 Å². The van der Waals surface area contributed by atoms with Gasteiger partial charge in [-0.1, -0.05) is 6.92 Å². The Morgan fingerprint density at radius 3 is 2.62 bits per heavy atom. The largest absolute Gasteiger partial charge is 0.480 e. The molecule has 0 saturated carbocycles. The first-order valence-corrected chi connectivity index (χ1v) is 5.68. The summed E-state index contributed by atoms with van der Waals surface area (Å²) in [5.74, 6) is -0.801. The smallest absolute Gasteiger partial charge is 0.322 e. The number of likely N-dealkylation sites (N-methyl/N-ethyl adjacent to an activating group) is 1. The van der Waals surface area contributed by atoms with E-state index in [4.69, 9.17) is 9.84 Å². The maximum atomic E-state index is 11.0. The van der Waals surface area contributed by atoms with Crippen molar-refractivity contribution in [1.82, 2.24) is 10.2 Å². The van der Waals surface area contributed by atoms with Crippen molar-refractivity contribution in [2.75, 3.05) is 33.9 Å². The Morgan fingerprint density at radius 1 is 1.56 bits per heavy atom. The van der Waals surface area contributed by atoms with Gasteiger partial charge in [0.05, 0.1) is 6.61 Å². The number of nitrogens with zero attached hydrogens (tertiary/aromatic N) is 1. The van der Waals surface area contributed by atoms with E-state index in [0.717, 1.165) is 13.0 Å². The molecule has 16 heavy (non-hydrogen) atoms. The molecule has 0 bridgehead atoms. The minimum atomic E-state index is -0.801. The van der Waals surface area contributed by atoms with E-state index >= 15 is 0 Å². The average molecular weight is 232 g/mol. The molecule has 0 rings (SSSR count). The summed E-state index contributed by atoms with van der Waals surface area (Å²) in [6.07, 6.45) is 0.932. The first-order chi connectivity index (χ1) is 7.52. The molecule has 0 aliphatic carbocycles. The molecule has 2 N–H and O–H groups in total. The van der Waals surface area contributed by atoms with Gasteiger partial charge in [-0.05, 0) is 26.9 Å². The van der Waals surface area contributed by atoms with Crippen LogP contribution >= 0.6 is 0 Å². The predicted molar refractivity (Wildman–Crippen MR) is 63.7 cm³/mol. The van der Waals surface area contributed by atoms with Gasteiger partial charge in [-0.3, -0.25) is 9.69 Å². The molecule has 2 unspecified atom stereocenters. The highest BCUT2D eigenvalue weighted by Crippen LogP contribution is 1.98. The molecule has 2 atom stereocenters. The molecule has 0 aliphatic heterocycles. The second-order valence-electron chi connectivity index (χ2n) is 4.09. The summed E-state index contributed by atoms with van der Waals surface area (Å²) >= 11 is 0. The zero-order valence-electron chi connectivity index (χ0n) is 10.7. The monoisotopic (exact) mass is 232 g/mol. The molecule has 5 nitrogen and oxygen atoms in total. The van der Waals surface area contributed by atoms with Crippen LogP contribution in [0.4, 0.5) is 0 Å². The normalized spacial score (nSPS) is 15.1. The zero-order chi connectivity index (χ0) is 12.6. The standard InChI is InChI=1S/C11H24N2O3/c1-5-6-12-10(11(14)15)7-13(3)9(2)8-16-4/h9-10,12H,5-8H2,1-4H3,(H,14,15). The molecule has 96 valence electrons. The van der Waals surface area contributed by atoms with Crippen LogP contribution in [0.15, 0.2) is 0 Å². The van der Waals surface area contributed by atoms with Crippen molar-refractivity contribution >= 4 is 5.97 Å². The van der Waals surface area contributed by atoms with Crippen LogP contribution in [-0.4, -0.2) is 61.9 Å². The Morgan fingerprint density at radius 2 is 2.19 bits per heavy atom. The van der Waals surface area contributed by atoms with E-state index in [9.17, 15) is 4.79 Å². The summed E-state index contributed by atoms with van der Waals surface area (Å²) in [7, 11) is 3.56. The third kappa shape index (κ3) is 6.05. The van der Waals surface area contributed by atoms with Crippen molar-refractivity contribution in [2.24, 2.45) is 0 Å². The molecule has 5 heteroatoms. The quantitative estimate of drug-likeness (QED) is 0.603. The molecule has 0 amide bonds. The lowest BCUT2D eigenvalue weighted by Gasteiger charge is -2.27. The van der Waals surface area contributed by atoms with Gasteiger partial charge >= 0.3 is 5.97 Å². The fourth-order valence-electron chi connectivity index (χ4n) is 1.38. The summed E-state index contributed by atoms with van der Waals surface area (Å²) in [4.78, 5) is 13.0. The lowest BCUT2D eigenvalue weighted by atomic mass is 10.2. The maximum Gasteiger partial charge on any atom is 0.322 e. The summed E-state index contributed by atoms with van der Waals surface area (Å²) in [6, 6.07) is -0.292. The van der Waals surface area contributed by atoms with Gasteiger partial charge in [-0.25, -0.2) is 0 Å². The van der Waals surface area contributed by atoms with Crippen LogP contribution in [-0.2, 0) is 9.53 Å². The van der Waals surface area contributed by atoms with E-state index in [0.29, 0.717) is 13.2 Å². The number of hydrogen-bond donors (Lipinski definition) is 2. The number of carboxylic acid groups (broad SMARTS) is 1. The third-order valence-corrected chi connectivity index (χ3v) is 2.57. The predicted octanol–water partition coefficient (Wildman–Crippen LogP) is 0.406. The van der Waals surface area contributed by atoms with Crippen molar-refractivity contribution in [3.63, 3.8) is 0 Å². The van der Waals surface area contributed by atoms with Gasteiger partial charge in [0, 0.05) is 19.7 Å². The fraction of sp³-hybridized carbons (Fsp3) is 0.909. The first-order valence-electron chi connectivity index (χ1n) is 5.68. The van der Waals surface area contributed by atoms with Crippen molar-refractivity contribution < 1.29 is 14.6 Å². The minimum Gasteiger partial charge on any atom is -0.480 e. The molecule has 0 heterocycles. The van der Waals surface area contributed by atoms with Gasteiger partial charge in [0.1, 0.15) is 6.04 Å². The highest BCUT2D eigenvalue weighted by atomic mass is 16.5. The highest BCUT2D eigenvalue weighted by Gasteiger charge is 2.20. The van der Waals surface area contributed by atoms with Crippen LogP contribution in [0.2, 0.25) is 0 Å². The van der Waals surface area contributed by atoms with Crippen LogP contribution in [0, 0.1) is 0 Å². The maximum absolute atomic E-state index is 11.0. The van der Waals surface area contributed by atoms with Crippen molar-refractivity contribution in [3.05, 3.63) is 0 Å². The van der Waals surface area contributed by atoms with E-state index in [1.54, 1.807) is 7.11 Å². The number of rotatable bonds is 9. The van der Waals surface area contributed by atoms with Crippen LogP contribution in [0.3, 0.4) is 0 Å². The fourth-order valence-corrected chi connectivity index (χ4v) is 1.38.